The molecule has 1 aromatic rings. The van der Waals surface area contributed by atoms with E-state index in [-0.39, 0.29) is 5.78 Å². The molecule has 19 heavy (non-hydrogen) atoms. The van der Waals surface area contributed by atoms with Gasteiger partial charge in [0, 0.05) is 16.5 Å². The van der Waals surface area contributed by atoms with E-state index >= 15 is 0 Å². The number of aliphatic carboxylic acids is 1. The van der Waals surface area contributed by atoms with Gasteiger partial charge in [0.15, 0.2) is 5.78 Å². The summed E-state index contributed by atoms with van der Waals surface area (Å²) in [5.41, 5.74) is 1.24. The Morgan fingerprint density at radius 3 is 2.47 bits per heavy atom. The summed E-state index contributed by atoms with van der Waals surface area (Å²) in [6.07, 6.45) is 4.59. The molecule has 0 aromatic heterocycles. The molecule has 0 spiro atoms. The maximum atomic E-state index is 12.5. The molecular formula is C15H15ClO3. The minimum Gasteiger partial charge on any atom is -0.481 e. The minimum atomic E-state index is -0.914. The molecule has 0 bridgehead atoms. The second kappa shape index (κ2) is 5.57. The van der Waals surface area contributed by atoms with Crippen molar-refractivity contribution in [3.05, 3.63) is 46.5 Å². The van der Waals surface area contributed by atoms with Gasteiger partial charge in [0.2, 0.25) is 0 Å². The number of halogens is 1. The summed E-state index contributed by atoms with van der Waals surface area (Å²) in [6.45, 7) is 1.78. The molecule has 2 unspecified atom stereocenters. The molecule has 0 heterocycles. The SMILES string of the molecule is Cc1c(Cl)cccc1C(=O)C1CC=CCC1C(=O)O. The zero-order valence-electron chi connectivity index (χ0n) is 10.6. The van der Waals surface area contributed by atoms with Crippen LogP contribution in [-0.4, -0.2) is 16.9 Å². The van der Waals surface area contributed by atoms with Crippen molar-refractivity contribution in [1.82, 2.24) is 0 Å². The average molecular weight is 279 g/mol. The molecule has 1 aliphatic rings. The van der Waals surface area contributed by atoms with E-state index in [1.54, 1.807) is 25.1 Å². The number of hydrogen-bond donors (Lipinski definition) is 1. The van der Waals surface area contributed by atoms with Crippen LogP contribution in [0.2, 0.25) is 5.02 Å². The Labute approximate surface area is 116 Å². The van der Waals surface area contributed by atoms with Gasteiger partial charge in [0.1, 0.15) is 0 Å². The van der Waals surface area contributed by atoms with Crippen LogP contribution >= 0.6 is 11.6 Å². The number of allylic oxidation sites excluding steroid dienone is 2. The molecule has 3 nitrogen and oxygen atoms in total. The quantitative estimate of drug-likeness (QED) is 0.680. The standard InChI is InChI=1S/C15H15ClO3/c1-9-10(7-4-8-13(9)16)14(17)11-5-2-3-6-12(11)15(18)19/h2-4,7-8,11-12H,5-6H2,1H3,(H,18,19). The average Bonchev–Trinajstić information content (AvgIpc) is 2.41. The Morgan fingerprint density at radius 1 is 1.21 bits per heavy atom. The highest BCUT2D eigenvalue weighted by atomic mass is 35.5. The molecule has 1 aliphatic carbocycles. The number of hydrogen-bond acceptors (Lipinski definition) is 2. The summed E-state index contributed by atoms with van der Waals surface area (Å²) >= 11 is 6.01. The summed E-state index contributed by atoms with van der Waals surface area (Å²) in [5, 5.41) is 9.75. The molecule has 1 aromatic carbocycles. The fourth-order valence-electron chi connectivity index (χ4n) is 2.45. The number of rotatable bonds is 3. The van der Waals surface area contributed by atoms with Crippen molar-refractivity contribution in [3.63, 3.8) is 0 Å². The van der Waals surface area contributed by atoms with Gasteiger partial charge in [-0.15, -0.1) is 0 Å². The Hall–Kier alpha value is -1.61. The molecule has 0 saturated heterocycles. The number of carbonyl (C=O) groups excluding carboxylic acids is 1. The van der Waals surface area contributed by atoms with Gasteiger partial charge in [-0.25, -0.2) is 0 Å². The van der Waals surface area contributed by atoms with Crippen molar-refractivity contribution >= 4 is 23.4 Å². The number of carboxylic acids is 1. The predicted molar refractivity (Wildman–Crippen MR) is 73.5 cm³/mol. The van der Waals surface area contributed by atoms with Crippen LogP contribution in [0.4, 0.5) is 0 Å². The van der Waals surface area contributed by atoms with Crippen LogP contribution in [0.1, 0.15) is 28.8 Å². The Kier molecular flexibility index (Phi) is 4.05. The Balaban J connectivity index is 2.35. The second-order valence-electron chi connectivity index (χ2n) is 4.77. The molecular weight excluding hydrogens is 264 g/mol. The summed E-state index contributed by atoms with van der Waals surface area (Å²) in [5.74, 6) is -2.19. The highest BCUT2D eigenvalue weighted by molar-refractivity contribution is 6.31. The number of Topliss-reactive ketones (excluding diaryl/α,β-unsaturated/α-hetero) is 1. The first-order chi connectivity index (χ1) is 9.02. The molecule has 0 saturated carbocycles. The van der Waals surface area contributed by atoms with Gasteiger partial charge in [-0.2, -0.15) is 0 Å². The zero-order valence-corrected chi connectivity index (χ0v) is 11.4. The molecule has 2 atom stereocenters. The summed E-state index contributed by atoms with van der Waals surface area (Å²) in [7, 11) is 0. The van der Waals surface area contributed by atoms with Crippen molar-refractivity contribution in [2.75, 3.05) is 0 Å². The monoisotopic (exact) mass is 278 g/mol. The van der Waals surface area contributed by atoms with E-state index < -0.39 is 17.8 Å². The van der Waals surface area contributed by atoms with Crippen molar-refractivity contribution < 1.29 is 14.7 Å². The van der Waals surface area contributed by atoms with Crippen LogP contribution in [-0.2, 0) is 4.79 Å². The Bertz CT molecular complexity index is 548. The number of benzene rings is 1. The van der Waals surface area contributed by atoms with E-state index in [2.05, 4.69) is 0 Å². The van der Waals surface area contributed by atoms with E-state index in [1.807, 2.05) is 12.2 Å². The van der Waals surface area contributed by atoms with Crippen LogP contribution in [0.5, 0.6) is 0 Å². The first-order valence-corrected chi connectivity index (χ1v) is 6.57. The molecule has 0 fully saturated rings. The molecule has 100 valence electrons. The van der Waals surface area contributed by atoms with Crippen LogP contribution in [0.3, 0.4) is 0 Å². The van der Waals surface area contributed by atoms with Gasteiger partial charge in [-0.3, -0.25) is 9.59 Å². The van der Waals surface area contributed by atoms with Crippen molar-refractivity contribution in [2.24, 2.45) is 11.8 Å². The summed E-state index contributed by atoms with van der Waals surface area (Å²) in [6, 6.07) is 5.15. The molecule has 0 radical (unpaired) electrons. The van der Waals surface area contributed by atoms with E-state index in [0.717, 1.165) is 0 Å². The van der Waals surface area contributed by atoms with Gasteiger partial charge in [0.05, 0.1) is 5.92 Å². The minimum absolute atomic E-state index is 0.128. The fraction of sp³-hybridized carbons (Fsp3) is 0.333. The number of ketones is 1. The van der Waals surface area contributed by atoms with Crippen LogP contribution in [0.25, 0.3) is 0 Å². The lowest BCUT2D eigenvalue weighted by atomic mass is 9.78. The molecule has 1 N–H and O–H groups in total. The largest absolute Gasteiger partial charge is 0.481 e. The van der Waals surface area contributed by atoms with Gasteiger partial charge in [-0.05, 0) is 31.4 Å². The maximum absolute atomic E-state index is 12.5. The van der Waals surface area contributed by atoms with Crippen LogP contribution < -0.4 is 0 Å². The van der Waals surface area contributed by atoms with E-state index in [0.29, 0.717) is 29.0 Å². The zero-order chi connectivity index (χ0) is 14.0. The first-order valence-electron chi connectivity index (χ1n) is 6.19. The van der Waals surface area contributed by atoms with E-state index in [1.165, 1.54) is 0 Å². The highest BCUT2D eigenvalue weighted by Gasteiger charge is 2.34. The Morgan fingerprint density at radius 2 is 1.84 bits per heavy atom. The molecule has 0 aliphatic heterocycles. The van der Waals surface area contributed by atoms with Crippen LogP contribution in [0.15, 0.2) is 30.4 Å². The van der Waals surface area contributed by atoms with Crippen molar-refractivity contribution in [3.8, 4) is 0 Å². The third kappa shape index (κ3) is 2.71. The molecule has 2 rings (SSSR count). The van der Waals surface area contributed by atoms with Gasteiger partial charge in [0.25, 0.3) is 0 Å². The molecule has 4 heteroatoms. The lowest BCUT2D eigenvalue weighted by Gasteiger charge is -2.24. The van der Waals surface area contributed by atoms with Crippen LogP contribution in [0, 0.1) is 18.8 Å². The van der Waals surface area contributed by atoms with Gasteiger partial charge in [-0.1, -0.05) is 35.9 Å². The maximum Gasteiger partial charge on any atom is 0.307 e. The van der Waals surface area contributed by atoms with Crippen molar-refractivity contribution in [1.29, 1.82) is 0 Å². The summed E-state index contributed by atoms with van der Waals surface area (Å²) in [4.78, 5) is 23.8. The van der Waals surface area contributed by atoms with Crippen molar-refractivity contribution in [2.45, 2.75) is 19.8 Å². The number of carbonyl (C=O) groups is 2. The van der Waals surface area contributed by atoms with E-state index in [4.69, 9.17) is 11.6 Å². The second-order valence-corrected chi connectivity index (χ2v) is 5.18. The van der Waals surface area contributed by atoms with Gasteiger partial charge < -0.3 is 5.11 Å². The predicted octanol–water partition coefficient (Wildman–Crippen LogP) is 3.50. The first kappa shape index (κ1) is 13.8. The normalized spacial score (nSPS) is 22.2. The smallest absolute Gasteiger partial charge is 0.307 e. The fourth-order valence-corrected chi connectivity index (χ4v) is 2.63. The lowest BCUT2D eigenvalue weighted by Crippen LogP contribution is -2.31. The lowest BCUT2D eigenvalue weighted by molar-refractivity contribution is -0.143. The van der Waals surface area contributed by atoms with E-state index in [9.17, 15) is 14.7 Å². The molecule has 0 amide bonds. The third-order valence-corrected chi connectivity index (χ3v) is 4.03. The number of carboxylic acid groups (broad SMARTS) is 1. The third-order valence-electron chi connectivity index (χ3n) is 3.62. The summed E-state index contributed by atoms with van der Waals surface area (Å²) < 4.78 is 0. The van der Waals surface area contributed by atoms with Gasteiger partial charge >= 0.3 is 5.97 Å². The highest BCUT2D eigenvalue weighted by Crippen LogP contribution is 2.31. The topological polar surface area (TPSA) is 54.4 Å².